The molecule has 2 N–H and O–H groups in total. The lowest BCUT2D eigenvalue weighted by Crippen LogP contribution is -2.49. The van der Waals surface area contributed by atoms with E-state index in [0.29, 0.717) is 29.9 Å². The van der Waals surface area contributed by atoms with Crippen LogP contribution in [0.1, 0.15) is 61.0 Å². The molecule has 7 heteroatoms. The molecule has 1 saturated carbocycles. The highest BCUT2D eigenvalue weighted by atomic mass is 35.5. The highest BCUT2D eigenvalue weighted by Crippen LogP contribution is 2.46. The number of carbonyl (C=O) groups excluding carboxylic acids is 1. The molecule has 0 unspecified atom stereocenters. The van der Waals surface area contributed by atoms with Crippen molar-refractivity contribution in [2.75, 3.05) is 30.3 Å². The fourth-order valence-electron chi connectivity index (χ4n) is 6.88. The van der Waals surface area contributed by atoms with E-state index in [0.717, 1.165) is 67.4 Å². The molecule has 2 heterocycles. The summed E-state index contributed by atoms with van der Waals surface area (Å²) in [5.41, 5.74) is 4.14. The topological polar surface area (TPSA) is 61.8 Å². The number of anilines is 1. The molecule has 0 radical (unpaired) electrons. The molecule has 2 bridgehead atoms. The van der Waals surface area contributed by atoms with Gasteiger partial charge in [0.15, 0.2) is 0 Å². The van der Waals surface area contributed by atoms with Crippen molar-refractivity contribution in [3.05, 3.63) is 70.3 Å². The third-order valence-electron chi connectivity index (χ3n) is 9.69. The van der Waals surface area contributed by atoms with Crippen LogP contribution < -0.4 is 14.4 Å². The number of hydrogen-bond donors (Lipinski definition) is 2. The molecule has 6 atom stereocenters. The molecule has 2 aliphatic heterocycles. The van der Waals surface area contributed by atoms with Gasteiger partial charge < -0.3 is 14.7 Å². The average molecular weight is 567 g/mol. The number of aliphatic hydroxyl groups excluding tert-OH is 1. The van der Waals surface area contributed by atoms with E-state index in [9.17, 15) is 9.90 Å². The van der Waals surface area contributed by atoms with Crippen LogP contribution >= 0.6 is 23.5 Å². The van der Waals surface area contributed by atoms with Gasteiger partial charge in [0.05, 0.1) is 18.4 Å². The Morgan fingerprint density at radius 2 is 2.03 bits per heavy atom. The number of amides is 1. The lowest BCUT2D eigenvalue weighted by atomic mass is 9.68. The SMILES string of the molecule is C[C@@H]1/C=C\[C@H](O)[C@@H]2CC[C@H]2CN2C[C@@]3(CCCc4cc(Cl)ccc43)COc3ccc(cc32)C(=O)NSC[C@@H]1C. The van der Waals surface area contributed by atoms with Gasteiger partial charge in [-0.15, -0.1) is 0 Å². The number of aryl methyl sites for hydroxylation is 1. The third kappa shape index (κ3) is 5.32. The summed E-state index contributed by atoms with van der Waals surface area (Å²) in [6.45, 7) is 6.64. The first-order valence-electron chi connectivity index (χ1n) is 14.4. The molecule has 0 aromatic heterocycles. The van der Waals surface area contributed by atoms with Crippen LogP contribution in [0.25, 0.3) is 0 Å². The van der Waals surface area contributed by atoms with Gasteiger partial charge in [-0.3, -0.25) is 9.52 Å². The van der Waals surface area contributed by atoms with E-state index < -0.39 is 6.10 Å². The van der Waals surface area contributed by atoms with E-state index >= 15 is 0 Å². The number of benzene rings is 2. The van der Waals surface area contributed by atoms with Crippen LogP contribution in [0.4, 0.5) is 5.69 Å². The number of aliphatic hydroxyl groups is 1. The first-order chi connectivity index (χ1) is 18.8. The van der Waals surface area contributed by atoms with Gasteiger partial charge in [-0.2, -0.15) is 0 Å². The standard InChI is InChI=1S/C32H39ClN2O3S/c1-20-5-11-29(36)26-9-6-24(26)16-35-18-32(13-3-4-22-14-25(33)8-10-27(22)32)19-38-30-12-7-23(15-28(30)35)31(37)34-39-17-21(20)2/h5,7-8,10-12,14-15,20-21,24,26,29,36H,3-4,6,9,13,16-19H2,1-2H3,(H,34,37)/b11-5-/t20-,21+,24+,26-,29+,32+/m1/s1. The van der Waals surface area contributed by atoms with Crippen molar-refractivity contribution in [2.45, 2.75) is 57.5 Å². The smallest absolute Gasteiger partial charge is 0.261 e. The van der Waals surface area contributed by atoms with Crippen molar-refractivity contribution in [2.24, 2.45) is 23.7 Å². The second-order valence-electron chi connectivity index (χ2n) is 12.2. The maximum atomic E-state index is 13.2. The molecular formula is C32H39ClN2O3S. The van der Waals surface area contributed by atoms with Gasteiger partial charge in [-0.25, -0.2) is 0 Å². The summed E-state index contributed by atoms with van der Waals surface area (Å²) in [6, 6.07) is 12.2. The van der Waals surface area contributed by atoms with Crippen LogP contribution in [0.15, 0.2) is 48.6 Å². The zero-order chi connectivity index (χ0) is 27.1. The maximum Gasteiger partial charge on any atom is 0.261 e. The number of nitrogens with zero attached hydrogens (tertiary/aromatic N) is 1. The second-order valence-corrected chi connectivity index (χ2v) is 13.5. The van der Waals surface area contributed by atoms with Gasteiger partial charge >= 0.3 is 0 Å². The summed E-state index contributed by atoms with van der Waals surface area (Å²) in [4.78, 5) is 15.6. The number of allylic oxidation sites excluding steroid dienone is 1. The van der Waals surface area contributed by atoms with Crippen molar-refractivity contribution < 1.29 is 14.6 Å². The number of halogens is 1. The molecular weight excluding hydrogens is 528 g/mol. The van der Waals surface area contributed by atoms with E-state index in [1.165, 1.54) is 23.1 Å². The summed E-state index contributed by atoms with van der Waals surface area (Å²) in [5.74, 6) is 2.91. The molecule has 208 valence electrons. The fourth-order valence-corrected chi connectivity index (χ4v) is 7.97. The van der Waals surface area contributed by atoms with Crippen molar-refractivity contribution >= 4 is 35.1 Å². The molecule has 1 amide bonds. The van der Waals surface area contributed by atoms with Crippen molar-refractivity contribution in [1.29, 1.82) is 0 Å². The monoisotopic (exact) mass is 566 g/mol. The largest absolute Gasteiger partial charge is 0.490 e. The number of fused-ring (bicyclic) bond motifs is 4. The summed E-state index contributed by atoms with van der Waals surface area (Å²) in [5, 5.41) is 11.9. The highest BCUT2D eigenvalue weighted by Gasteiger charge is 2.44. The molecule has 2 aliphatic carbocycles. The van der Waals surface area contributed by atoms with Crippen LogP contribution in [0.2, 0.25) is 5.02 Å². The molecule has 0 saturated heterocycles. The Bertz CT molecular complexity index is 1270. The summed E-state index contributed by atoms with van der Waals surface area (Å²) in [7, 11) is 0. The molecule has 1 fully saturated rings. The van der Waals surface area contributed by atoms with Crippen molar-refractivity contribution in [3.63, 3.8) is 0 Å². The van der Waals surface area contributed by atoms with Gasteiger partial charge in [0.2, 0.25) is 0 Å². The van der Waals surface area contributed by atoms with Gasteiger partial charge in [0.25, 0.3) is 5.91 Å². The predicted octanol–water partition coefficient (Wildman–Crippen LogP) is 6.42. The van der Waals surface area contributed by atoms with Crippen LogP contribution in [0.3, 0.4) is 0 Å². The molecule has 4 aliphatic rings. The van der Waals surface area contributed by atoms with Crippen LogP contribution in [-0.2, 0) is 11.8 Å². The Labute approximate surface area is 241 Å². The van der Waals surface area contributed by atoms with Gasteiger partial charge in [-0.05, 0) is 109 Å². The second kappa shape index (κ2) is 11.0. The first-order valence-corrected chi connectivity index (χ1v) is 15.8. The van der Waals surface area contributed by atoms with Crippen LogP contribution in [0.5, 0.6) is 5.75 Å². The Morgan fingerprint density at radius 3 is 2.85 bits per heavy atom. The third-order valence-corrected chi connectivity index (χ3v) is 10.9. The lowest BCUT2D eigenvalue weighted by molar-refractivity contribution is 0.0454. The van der Waals surface area contributed by atoms with E-state index in [-0.39, 0.29) is 17.2 Å². The normalized spacial score (nSPS) is 33.6. The molecule has 2 aromatic carbocycles. The fraction of sp³-hybridized carbons (Fsp3) is 0.531. The Balaban J connectivity index is 1.39. The summed E-state index contributed by atoms with van der Waals surface area (Å²) >= 11 is 7.86. The number of nitrogens with one attached hydrogen (secondary N) is 1. The van der Waals surface area contributed by atoms with E-state index in [1.54, 1.807) is 0 Å². The Kier molecular flexibility index (Phi) is 7.64. The van der Waals surface area contributed by atoms with Crippen molar-refractivity contribution in [3.8, 4) is 5.75 Å². The average Bonchev–Trinajstić information content (AvgIpc) is 3.06. The van der Waals surface area contributed by atoms with Gasteiger partial charge in [0, 0.05) is 34.8 Å². The Morgan fingerprint density at radius 1 is 1.15 bits per heavy atom. The zero-order valence-corrected chi connectivity index (χ0v) is 24.4. The van der Waals surface area contributed by atoms with E-state index in [2.05, 4.69) is 41.7 Å². The minimum absolute atomic E-state index is 0.0706. The minimum atomic E-state index is -0.431. The molecule has 2 aromatic rings. The van der Waals surface area contributed by atoms with Crippen molar-refractivity contribution in [1.82, 2.24) is 4.72 Å². The highest BCUT2D eigenvalue weighted by molar-refractivity contribution is 7.97. The van der Waals surface area contributed by atoms with E-state index in [4.69, 9.17) is 16.3 Å². The van der Waals surface area contributed by atoms with Gasteiger partial charge in [0.1, 0.15) is 5.75 Å². The molecule has 6 rings (SSSR count). The number of hydrogen-bond acceptors (Lipinski definition) is 5. The number of carbonyl (C=O) groups is 1. The number of rotatable bonds is 0. The summed E-state index contributed by atoms with van der Waals surface area (Å²) < 4.78 is 9.64. The Hall–Kier alpha value is -2.15. The minimum Gasteiger partial charge on any atom is -0.490 e. The van der Waals surface area contributed by atoms with Crippen LogP contribution in [-0.4, -0.2) is 42.6 Å². The van der Waals surface area contributed by atoms with E-state index in [1.807, 2.05) is 30.3 Å². The summed E-state index contributed by atoms with van der Waals surface area (Å²) in [6.07, 6.45) is 9.08. The maximum absolute atomic E-state index is 13.2. The number of ether oxygens (including phenoxy) is 1. The quantitative estimate of drug-likeness (QED) is 0.285. The first kappa shape index (κ1) is 27.0. The zero-order valence-electron chi connectivity index (χ0n) is 22.9. The van der Waals surface area contributed by atoms with Gasteiger partial charge in [-0.1, -0.05) is 43.7 Å². The van der Waals surface area contributed by atoms with Crippen LogP contribution in [0, 0.1) is 23.7 Å². The molecule has 1 spiro atoms. The predicted molar refractivity (Wildman–Crippen MR) is 160 cm³/mol. The molecule has 5 nitrogen and oxygen atoms in total. The molecule has 39 heavy (non-hydrogen) atoms. The lowest BCUT2D eigenvalue weighted by Gasteiger charge is -2.45.